The summed E-state index contributed by atoms with van der Waals surface area (Å²) in [6.45, 7) is 16.2. The lowest BCUT2D eigenvalue weighted by Gasteiger charge is -2.46. The highest BCUT2D eigenvalue weighted by atomic mass is 16.5. The van der Waals surface area contributed by atoms with E-state index in [1.54, 1.807) is 0 Å². The van der Waals surface area contributed by atoms with E-state index in [0.29, 0.717) is 0 Å². The number of likely N-dealkylation sites (tertiary alicyclic amines) is 1. The van der Waals surface area contributed by atoms with Crippen molar-refractivity contribution in [1.82, 2.24) is 20.1 Å². The first-order valence-corrected chi connectivity index (χ1v) is 11.9. The first kappa shape index (κ1) is 22.9. The van der Waals surface area contributed by atoms with Gasteiger partial charge in [0.05, 0.1) is 11.1 Å². The third-order valence-corrected chi connectivity index (χ3v) is 7.94. The van der Waals surface area contributed by atoms with E-state index in [0.717, 1.165) is 50.2 Å². The third-order valence-electron chi connectivity index (χ3n) is 7.94. The van der Waals surface area contributed by atoms with E-state index in [-0.39, 0.29) is 16.6 Å². The zero-order chi connectivity index (χ0) is 23.0. The maximum absolute atomic E-state index is 6.39. The van der Waals surface area contributed by atoms with Crippen molar-refractivity contribution >= 4 is 10.9 Å². The molecule has 0 spiro atoms. The highest BCUT2D eigenvalue weighted by molar-refractivity contribution is 5.81. The summed E-state index contributed by atoms with van der Waals surface area (Å²) in [4.78, 5) is 7.20. The summed E-state index contributed by atoms with van der Waals surface area (Å²) >= 11 is 0. The summed E-state index contributed by atoms with van der Waals surface area (Å²) in [6.07, 6.45) is 5.19. The second kappa shape index (κ2) is 8.60. The molecule has 4 rings (SSSR count). The molecule has 0 radical (unpaired) electrons. The highest BCUT2D eigenvalue weighted by Gasteiger charge is 2.52. The Morgan fingerprint density at radius 1 is 1.12 bits per heavy atom. The van der Waals surface area contributed by atoms with Gasteiger partial charge in [-0.25, -0.2) is 0 Å². The van der Waals surface area contributed by atoms with Gasteiger partial charge < -0.3 is 4.74 Å². The Kier molecular flexibility index (Phi) is 6.17. The fourth-order valence-corrected chi connectivity index (χ4v) is 5.44. The average Bonchev–Trinajstić information content (AvgIpc) is 3.39. The molecule has 1 aromatic carbocycles. The quantitative estimate of drug-likeness (QED) is 0.498. The normalized spacial score (nSPS) is 20.3. The van der Waals surface area contributed by atoms with Crippen LogP contribution < -0.4 is 0 Å². The van der Waals surface area contributed by atoms with Gasteiger partial charge in [-0.3, -0.25) is 15.0 Å². The Morgan fingerprint density at radius 3 is 2.62 bits per heavy atom. The molecule has 0 saturated carbocycles. The van der Waals surface area contributed by atoms with Crippen molar-refractivity contribution in [2.75, 3.05) is 19.7 Å². The molecule has 3 aromatic rings. The van der Waals surface area contributed by atoms with Crippen molar-refractivity contribution in [2.45, 2.75) is 71.9 Å². The van der Waals surface area contributed by atoms with Crippen molar-refractivity contribution in [3.63, 3.8) is 0 Å². The largest absolute Gasteiger partial charge is 0.375 e. The molecule has 1 saturated heterocycles. The van der Waals surface area contributed by atoms with E-state index >= 15 is 0 Å². The molecule has 3 heterocycles. The molecule has 32 heavy (non-hydrogen) atoms. The van der Waals surface area contributed by atoms with Crippen molar-refractivity contribution in [3.8, 4) is 0 Å². The Hall–Kier alpha value is -2.24. The first-order valence-electron chi connectivity index (χ1n) is 11.9. The minimum Gasteiger partial charge on any atom is -0.375 e. The number of benzene rings is 1. The van der Waals surface area contributed by atoms with E-state index in [2.05, 4.69) is 85.0 Å². The lowest BCUT2D eigenvalue weighted by molar-refractivity contribution is -0.109. The van der Waals surface area contributed by atoms with Gasteiger partial charge in [0.25, 0.3) is 0 Å². The summed E-state index contributed by atoms with van der Waals surface area (Å²) in [5.41, 5.74) is 4.37. The van der Waals surface area contributed by atoms with Crippen LogP contribution in [0.5, 0.6) is 0 Å². The molecule has 172 valence electrons. The molecule has 0 amide bonds. The van der Waals surface area contributed by atoms with Crippen molar-refractivity contribution in [2.24, 2.45) is 5.41 Å². The van der Waals surface area contributed by atoms with Crippen molar-refractivity contribution in [1.29, 1.82) is 0 Å². The van der Waals surface area contributed by atoms with Gasteiger partial charge in [0.2, 0.25) is 0 Å². The molecule has 1 aliphatic heterocycles. The SMILES string of the molecule is CCOC(C)(C)[C@]1(CCc2[nH]nc3ccccc23)CCN(C(C)(C)c2ccc(C)nc2)C1. The molecule has 0 unspecified atom stereocenters. The minimum atomic E-state index is -0.214. The summed E-state index contributed by atoms with van der Waals surface area (Å²) in [5, 5.41) is 9.04. The van der Waals surface area contributed by atoms with Gasteiger partial charge in [-0.05, 0) is 85.0 Å². The van der Waals surface area contributed by atoms with E-state index in [1.165, 1.54) is 16.6 Å². The van der Waals surface area contributed by atoms with Crippen LogP contribution in [0, 0.1) is 12.3 Å². The fraction of sp³-hybridized carbons (Fsp3) is 0.556. The molecular formula is C27H38N4O. The molecule has 0 bridgehead atoms. The molecule has 1 aliphatic rings. The Bertz CT molecular complexity index is 1050. The molecular weight excluding hydrogens is 396 g/mol. The smallest absolute Gasteiger partial charge is 0.0923 e. The predicted octanol–water partition coefficient (Wildman–Crippen LogP) is 5.64. The fourth-order valence-electron chi connectivity index (χ4n) is 5.44. The zero-order valence-electron chi connectivity index (χ0n) is 20.5. The number of aromatic amines is 1. The van der Waals surface area contributed by atoms with Crippen LogP contribution >= 0.6 is 0 Å². The van der Waals surface area contributed by atoms with Crippen LogP contribution in [-0.4, -0.2) is 45.4 Å². The van der Waals surface area contributed by atoms with Gasteiger partial charge in [-0.1, -0.05) is 24.3 Å². The Labute approximate surface area is 192 Å². The van der Waals surface area contributed by atoms with E-state index in [9.17, 15) is 0 Å². The number of hydrogen-bond acceptors (Lipinski definition) is 4. The third kappa shape index (κ3) is 4.08. The lowest BCUT2D eigenvalue weighted by atomic mass is 9.69. The monoisotopic (exact) mass is 434 g/mol. The number of rotatable bonds is 8. The van der Waals surface area contributed by atoms with E-state index in [4.69, 9.17) is 4.74 Å². The number of pyridine rings is 1. The highest BCUT2D eigenvalue weighted by Crippen LogP contribution is 2.49. The number of nitrogens with zero attached hydrogens (tertiary/aromatic N) is 3. The maximum Gasteiger partial charge on any atom is 0.0923 e. The number of para-hydroxylation sites is 1. The number of ether oxygens (including phenoxy) is 1. The first-order chi connectivity index (χ1) is 15.2. The number of aromatic nitrogens is 3. The summed E-state index contributed by atoms with van der Waals surface area (Å²) < 4.78 is 6.39. The lowest BCUT2D eigenvalue weighted by Crippen LogP contribution is -2.50. The molecule has 0 aliphatic carbocycles. The van der Waals surface area contributed by atoms with Crippen LogP contribution in [0.3, 0.4) is 0 Å². The Balaban J connectivity index is 1.60. The van der Waals surface area contributed by atoms with Gasteiger partial charge in [0.1, 0.15) is 0 Å². The van der Waals surface area contributed by atoms with Crippen LogP contribution in [0.2, 0.25) is 0 Å². The molecule has 5 nitrogen and oxygen atoms in total. The molecule has 1 N–H and O–H groups in total. The molecule has 5 heteroatoms. The summed E-state index contributed by atoms with van der Waals surface area (Å²) in [5.74, 6) is 0. The minimum absolute atomic E-state index is 0.0601. The Morgan fingerprint density at radius 2 is 1.91 bits per heavy atom. The number of nitrogens with one attached hydrogen (secondary N) is 1. The van der Waals surface area contributed by atoms with Gasteiger partial charge in [0.15, 0.2) is 0 Å². The summed E-state index contributed by atoms with van der Waals surface area (Å²) in [7, 11) is 0. The molecule has 2 aromatic heterocycles. The van der Waals surface area contributed by atoms with Crippen LogP contribution in [0.4, 0.5) is 0 Å². The standard InChI is InChI=1S/C27H38N4O/c1-7-32-26(5,6)27(15-14-24-22-10-8-9-11-23(22)29-30-24)16-17-31(19-27)25(3,4)21-13-12-20(2)28-18-21/h8-13,18H,7,14-17,19H2,1-6H3,(H,29,30)/t27-/m1/s1. The van der Waals surface area contributed by atoms with Gasteiger partial charge >= 0.3 is 0 Å². The van der Waals surface area contributed by atoms with E-state index in [1.807, 2.05) is 19.2 Å². The van der Waals surface area contributed by atoms with Crippen molar-refractivity contribution in [3.05, 3.63) is 59.5 Å². The average molecular weight is 435 g/mol. The maximum atomic E-state index is 6.39. The predicted molar refractivity (Wildman–Crippen MR) is 131 cm³/mol. The summed E-state index contributed by atoms with van der Waals surface area (Å²) in [6, 6.07) is 12.7. The van der Waals surface area contributed by atoms with Crippen LogP contribution in [0.15, 0.2) is 42.6 Å². The number of hydrogen-bond donors (Lipinski definition) is 1. The van der Waals surface area contributed by atoms with Gasteiger partial charge in [0, 0.05) is 47.1 Å². The van der Waals surface area contributed by atoms with Crippen LogP contribution in [0.1, 0.15) is 64.4 Å². The number of fused-ring (bicyclic) bond motifs is 1. The number of aryl methyl sites for hydroxylation is 2. The molecule has 1 fully saturated rings. The van der Waals surface area contributed by atoms with Crippen molar-refractivity contribution < 1.29 is 4.74 Å². The van der Waals surface area contributed by atoms with E-state index < -0.39 is 0 Å². The second-order valence-corrected chi connectivity index (χ2v) is 10.4. The van der Waals surface area contributed by atoms with Crippen LogP contribution in [-0.2, 0) is 16.7 Å². The second-order valence-electron chi connectivity index (χ2n) is 10.4. The molecule has 1 atom stereocenters. The van der Waals surface area contributed by atoms with Gasteiger partial charge in [-0.2, -0.15) is 5.10 Å². The van der Waals surface area contributed by atoms with Crippen LogP contribution in [0.25, 0.3) is 10.9 Å². The van der Waals surface area contributed by atoms with Gasteiger partial charge in [-0.15, -0.1) is 0 Å². The topological polar surface area (TPSA) is 54.0 Å². The number of H-pyrrole nitrogens is 1. The zero-order valence-corrected chi connectivity index (χ0v) is 20.5.